The summed E-state index contributed by atoms with van der Waals surface area (Å²) in [5.74, 6) is 2.20. The Balaban J connectivity index is 1.63. The fraction of sp³-hybridized carbons (Fsp3) is 0.818. The van der Waals surface area contributed by atoms with E-state index in [9.17, 15) is 0 Å². The van der Waals surface area contributed by atoms with Gasteiger partial charge in [-0.3, -0.25) is 0 Å². The Hall–Kier alpha value is -0.680. The van der Waals surface area contributed by atoms with E-state index >= 15 is 0 Å². The van der Waals surface area contributed by atoms with Crippen LogP contribution in [0.1, 0.15) is 37.4 Å². The zero-order chi connectivity index (χ0) is 11.0. The molecule has 0 aromatic carbocycles. The normalized spacial score (nSPS) is 22.7. The topological polar surface area (TPSA) is 49.2 Å². The van der Waals surface area contributed by atoms with Crippen molar-refractivity contribution in [3.63, 3.8) is 0 Å². The van der Waals surface area contributed by atoms with Crippen molar-refractivity contribution in [2.24, 2.45) is 5.92 Å². The number of rotatable bonds is 3. The zero-order valence-electron chi connectivity index (χ0n) is 9.30. The fourth-order valence-electron chi connectivity index (χ4n) is 2.17. The van der Waals surface area contributed by atoms with Gasteiger partial charge in [-0.15, -0.1) is 0 Å². The molecule has 2 heterocycles. The molecule has 0 bridgehead atoms. The summed E-state index contributed by atoms with van der Waals surface area (Å²) in [6.07, 6.45) is 4.69. The molecule has 1 saturated carbocycles. The average molecular weight is 239 g/mol. The summed E-state index contributed by atoms with van der Waals surface area (Å²) in [7, 11) is 0. The van der Waals surface area contributed by atoms with Crippen LogP contribution in [0.4, 0.5) is 5.13 Å². The number of aromatic nitrogens is 2. The van der Waals surface area contributed by atoms with E-state index < -0.39 is 0 Å². The van der Waals surface area contributed by atoms with Crippen LogP contribution in [0.15, 0.2) is 0 Å². The van der Waals surface area contributed by atoms with Crippen molar-refractivity contribution < 1.29 is 5.11 Å². The van der Waals surface area contributed by atoms with Crippen LogP contribution in [0, 0.1) is 5.92 Å². The summed E-state index contributed by atoms with van der Waals surface area (Å²) in [6, 6.07) is 0. The standard InChI is InChI=1S/C11H17N3OS/c15-7-8-3-5-14(6-4-8)11-12-10(13-16-11)9-1-2-9/h8-9,15H,1-7H2. The van der Waals surface area contributed by atoms with Gasteiger partial charge in [0.2, 0.25) is 5.13 Å². The van der Waals surface area contributed by atoms with Crippen LogP contribution in [-0.2, 0) is 0 Å². The molecule has 1 aromatic rings. The maximum Gasteiger partial charge on any atom is 0.205 e. The maximum atomic E-state index is 9.09. The van der Waals surface area contributed by atoms with Gasteiger partial charge in [0.05, 0.1) is 0 Å². The van der Waals surface area contributed by atoms with Gasteiger partial charge in [0.25, 0.3) is 0 Å². The van der Waals surface area contributed by atoms with Crippen molar-refractivity contribution in [3.8, 4) is 0 Å². The highest BCUT2D eigenvalue weighted by atomic mass is 32.1. The molecule has 1 saturated heterocycles. The summed E-state index contributed by atoms with van der Waals surface area (Å²) in [5, 5.41) is 10.2. The predicted molar refractivity (Wildman–Crippen MR) is 63.9 cm³/mol. The molecule has 1 aromatic heterocycles. The van der Waals surface area contributed by atoms with Crippen molar-refractivity contribution >= 4 is 16.7 Å². The first-order valence-corrected chi connectivity index (χ1v) is 6.83. The summed E-state index contributed by atoms with van der Waals surface area (Å²) < 4.78 is 4.43. The first-order chi connectivity index (χ1) is 7.86. The Kier molecular flexibility index (Phi) is 2.81. The monoisotopic (exact) mass is 239 g/mol. The molecule has 88 valence electrons. The van der Waals surface area contributed by atoms with Gasteiger partial charge in [-0.25, -0.2) is 4.98 Å². The third-order valence-corrected chi connectivity index (χ3v) is 4.31. The summed E-state index contributed by atoms with van der Waals surface area (Å²) >= 11 is 1.54. The third-order valence-electron chi connectivity index (χ3n) is 3.52. The number of hydrogen-bond acceptors (Lipinski definition) is 5. The van der Waals surface area contributed by atoms with Gasteiger partial charge in [-0.2, -0.15) is 4.37 Å². The van der Waals surface area contributed by atoms with Gasteiger partial charge >= 0.3 is 0 Å². The molecule has 1 aliphatic heterocycles. The second kappa shape index (κ2) is 4.30. The largest absolute Gasteiger partial charge is 0.396 e. The van der Waals surface area contributed by atoms with Gasteiger partial charge in [0.15, 0.2) is 0 Å². The lowest BCUT2D eigenvalue weighted by atomic mass is 9.98. The van der Waals surface area contributed by atoms with Crippen LogP contribution in [0.5, 0.6) is 0 Å². The lowest BCUT2D eigenvalue weighted by molar-refractivity contribution is 0.203. The molecule has 0 spiro atoms. The first-order valence-electron chi connectivity index (χ1n) is 6.06. The number of hydrogen-bond donors (Lipinski definition) is 1. The van der Waals surface area contributed by atoms with Crippen molar-refractivity contribution in [2.75, 3.05) is 24.6 Å². The summed E-state index contributed by atoms with van der Waals surface area (Å²) in [4.78, 5) is 6.93. The third kappa shape index (κ3) is 2.06. The van der Waals surface area contributed by atoms with E-state index in [0.29, 0.717) is 18.4 Å². The van der Waals surface area contributed by atoms with E-state index in [2.05, 4.69) is 14.3 Å². The highest BCUT2D eigenvalue weighted by molar-refractivity contribution is 7.09. The van der Waals surface area contributed by atoms with E-state index in [0.717, 1.165) is 36.9 Å². The van der Waals surface area contributed by atoms with Crippen LogP contribution < -0.4 is 4.90 Å². The van der Waals surface area contributed by atoms with Crippen molar-refractivity contribution in [2.45, 2.75) is 31.6 Å². The minimum Gasteiger partial charge on any atom is -0.396 e. The molecule has 5 heteroatoms. The molecular weight excluding hydrogens is 222 g/mol. The molecule has 2 fully saturated rings. The minimum atomic E-state index is 0.331. The molecule has 3 rings (SSSR count). The first kappa shape index (κ1) is 10.5. The van der Waals surface area contributed by atoms with Gasteiger partial charge in [-0.05, 0) is 31.6 Å². The maximum absolute atomic E-state index is 9.09. The zero-order valence-corrected chi connectivity index (χ0v) is 10.1. The number of piperidine rings is 1. The Morgan fingerprint density at radius 3 is 2.62 bits per heavy atom. The molecule has 0 atom stereocenters. The molecule has 1 aliphatic carbocycles. The van der Waals surface area contributed by atoms with Crippen LogP contribution in [0.3, 0.4) is 0 Å². The molecule has 0 radical (unpaired) electrons. The molecule has 16 heavy (non-hydrogen) atoms. The highest BCUT2D eigenvalue weighted by Crippen LogP contribution is 2.40. The molecule has 4 nitrogen and oxygen atoms in total. The predicted octanol–water partition coefficient (Wildman–Crippen LogP) is 1.62. The van der Waals surface area contributed by atoms with Crippen LogP contribution >= 0.6 is 11.5 Å². The van der Waals surface area contributed by atoms with E-state index in [4.69, 9.17) is 5.11 Å². The van der Waals surface area contributed by atoms with Crippen molar-refractivity contribution in [1.29, 1.82) is 0 Å². The smallest absolute Gasteiger partial charge is 0.205 e. The lowest BCUT2D eigenvalue weighted by Crippen LogP contribution is -2.34. The molecule has 0 unspecified atom stereocenters. The minimum absolute atomic E-state index is 0.331. The number of aliphatic hydroxyl groups excluding tert-OH is 1. The summed E-state index contributed by atoms with van der Waals surface area (Å²) in [6.45, 7) is 2.37. The van der Waals surface area contributed by atoms with E-state index in [1.54, 1.807) is 0 Å². The molecule has 1 N–H and O–H groups in total. The Bertz CT molecular complexity index is 356. The van der Waals surface area contributed by atoms with Gasteiger partial charge in [0, 0.05) is 37.1 Å². The van der Waals surface area contributed by atoms with E-state index in [1.807, 2.05) is 0 Å². The number of aliphatic hydroxyl groups is 1. The second-order valence-electron chi connectivity index (χ2n) is 4.82. The van der Waals surface area contributed by atoms with Crippen LogP contribution in [-0.4, -0.2) is 34.2 Å². The highest BCUT2D eigenvalue weighted by Gasteiger charge is 2.29. The van der Waals surface area contributed by atoms with Crippen LogP contribution in [0.25, 0.3) is 0 Å². The average Bonchev–Trinajstić information content (AvgIpc) is 3.08. The van der Waals surface area contributed by atoms with E-state index in [-0.39, 0.29) is 0 Å². The Labute approximate surface area is 99.5 Å². The van der Waals surface area contributed by atoms with Gasteiger partial charge < -0.3 is 10.0 Å². The Morgan fingerprint density at radius 2 is 2.00 bits per heavy atom. The van der Waals surface area contributed by atoms with Gasteiger partial charge in [0.1, 0.15) is 5.82 Å². The quantitative estimate of drug-likeness (QED) is 0.871. The second-order valence-corrected chi connectivity index (χ2v) is 5.55. The van der Waals surface area contributed by atoms with E-state index in [1.165, 1.54) is 24.4 Å². The molecule has 2 aliphatic rings. The van der Waals surface area contributed by atoms with Gasteiger partial charge in [-0.1, -0.05) is 0 Å². The molecular formula is C11H17N3OS. The number of anilines is 1. The number of nitrogens with zero attached hydrogens (tertiary/aromatic N) is 3. The van der Waals surface area contributed by atoms with Crippen LogP contribution in [0.2, 0.25) is 0 Å². The Morgan fingerprint density at radius 1 is 1.25 bits per heavy atom. The SMILES string of the molecule is OCC1CCN(c2nc(C3CC3)ns2)CC1. The fourth-order valence-corrected chi connectivity index (χ4v) is 2.97. The summed E-state index contributed by atoms with van der Waals surface area (Å²) in [5.41, 5.74) is 0. The lowest BCUT2D eigenvalue weighted by Gasteiger charge is -2.30. The molecule has 0 amide bonds. The van der Waals surface area contributed by atoms with Crippen molar-refractivity contribution in [1.82, 2.24) is 9.36 Å². The van der Waals surface area contributed by atoms with Crippen molar-refractivity contribution in [3.05, 3.63) is 5.82 Å².